The summed E-state index contributed by atoms with van der Waals surface area (Å²) in [7, 11) is -2.76. The average molecular weight is 428 g/mol. The number of benzene rings is 3. The summed E-state index contributed by atoms with van der Waals surface area (Å²) >= 11 is 0. The highest BCUT2D eigenvalue weighted by atomic mass is 32.2. The zero-order chi connectivity index (χ0) is 21.7. The van der Waals surface area contributed by atoms with Gasteiger partial charge in [-0.25, -0.2) is 12.8 Å². The molecule has 3 rings (SSSR count). The number of rotatable bonds is 7. The minimum Gasteiger partial charge on any atom is -0.497 e. The van der Waals surface area contributed by atoms with Crippen molar-refractivity contribution in [2.45, 2.75) is 11.8 Å². The van der Waals surface area contributed by atoms with E-state index in [0.717, 1.165) is 15.9 Å². The van der Waals surface area contributed by atoms with Crippen LogP contribution in [0.25, 0.3) is 0 Å². The minimum atomic E-state index is -4.22. The first-order valence-electron chi connectivity index (χ1n) is 9.09. The van der Waals surface area contributed by atoms with Gasteiger partial charge in [0.1, 0.15) is 18.1 Å². The number of aryl methyl sites for hydroxylation is 1. The maximum atomic E-state index is 14.5. The maximum Gasteiger partial charge on any atom is 0.264 e. The molecule has 0 heterocycles. The number of halogens is 1. The lowest BCUT2D eigenvalue weighted by atomic mass is 10.2. The van der Waals surface area contributed by atoms with E-state index in [0.29, 0.717) is 11.4 Å². The molecule has 0 unspecified atom stereocenters. The van der Waals surface area contributed by atoms with Crippen LogP contribution in [-0.2, 0) is 14.8 Å². The van der Waals surface area contributed by atoms with Crippen molar-refractivity contribution >= 4 is 27.3 Å². The van der Waals surface area contributed by atoms with Gasteiger partial charge in [0.05, 0.1) is 17.7 Å². The minimum absolute atomic E-state index is 0.0877. The van der Waals surface area contributed by atoms with Crippen molar-refractivity contribution in [3.05, 3.63) is 84.2 Å². The van der Waals surface area contributed by atoms with E-state index in [9.17, 15) is 17.6 Å². The van der Waals surface area contributed by atoms with Crippen molar-refractivity contribution in [1.82, 2.24) is 0 Å². The molecule has 0 saturated carbocycles. The fraction of sp³-hybridized carbons (Fsp3) is 0.136. The molecular formula is C22H21FN2O4S. The van der Waals surface area contributed by atoms with Gasteiger partial charge in [0, 0.05) is 5.69 Å². The van der Waals surface area contributed by atoms with E-state index >= 15 is 0 Å². The molecular weight excluding hydrogens is 407 g/mol. The number of para-hydroxylation sites is 2. The third kappa shape index (κ3) is 4.60. The normalized spacial score (nSPS) is 11.0. The Morgan fingerprint density at radius 3 is 2.27 bits per heavy atom. The quantitative estimate of drug-likeness (QED) is 0.618. The molecule has 6 nitrogen and oxygen atoms in total. The molecule has 0 aliphatic heterocycles. The zero-order valence-corrected chi connectivity index (χ0v) is 17.3. The third-order valence-corrected chi connectivity index (χ3v) is 6.25. The molecule has 0 fully saturated rings. The second-order valence-electron chi connectivity index (χ2n) is 6.50. The van der Waals surface area contributed by atoms with Crippen molar-refractivity contribution < 1.29 is 22.3 Å². The SMILES string of the molecule is COc1ccc(S(=O)(=O)N(CC(=O)Nc2ccccc2C)c2ccccc2F)cc1. The number of anilines is 2. The van der Waals surface area contributed by atoms with Gasteiger partial charge >= 0.3 is 0 Å². The molecule has 0 aromatic heterocycles. The molecule has 156 valence electrons. The number of carbonyl (C=O) groups is 1. The molecule has 8 heteroatoms. The van der Waals surface area contributed by atoms with Gasteiger partial charge in [-0.3, -0.25) is 9.10 Å². The summed E-state index contributed by atoms with van der Waals surface area (Å²) in [6.07, 6.45) is 0. The van der Waals surface area contributed by atoms with Crippen molar-refractivity contribution in [1.29, 1.82) is 0 Å². The van der Waals surface area contributed by atoms with E-state index < -0.39 is 28.3 Å². The highest BCUT2D eigenvalue weighted by molar-refractivity contribution is 7.92. The number of nitrogens with zero attached hydrogens (tertiary/aromatic N) is 1. The number of methoxy groups -OCH3 is 1. The summed E-state index contributed by atoms with van der Waals surface area (Å²) in [5, 5.41) is 2.68. The Kier molecular flexibility index (Phi) is 6.37. The van der Waals surface area contributed by atoms with Crippen LogP contribution in [0.2, 0.25) is 0 Å². The van der Waals surface area contributed by atoms with E-state index in [-0.39, 0.29) is 10.6 Å². The van der Waals surface area contributed by atoms with Gasteiger partial charge in [0.15, 0.2) is 0 Å². The first-order chi connectivity index (χ1) is 14.3. The Morgan fingerprint density at radius 2 is 1.63 bits per heavy atom. The van der Waals surface area contributed by atoms with Gasteiger partial charge in [0.2, 0.25) is 5.91 Å². The van der Waals surface area contributed by atoms with Gasteiger partial charge in [-0.1, -0.05) is 30.3 Å². The predicted molar refractivity (Wildman–Crippen MR) is 114 cm³/mol. The summed E-state index contributed by atoms with van der Waals surface area (Å²) < 4.78 is 46.9. The zero-order valence-electron chi connectivity index (χ0n) is 16.5. The number of hydrogen-bond donors (Lipinski definition) is 1. The Morgan fingerprint density at radius 1 is 1.00 bits per heavy atom. The van der Waals surface area contributed by atoms with Crippen LogP contribution in [0.15, 0.2) is 77.7 Å². The maximum absolute atomic E-state index is 14.5. The summed E-state index contributed by atoms with van der Waals surface area (Å²) in [6, 6.07) is 18.2. The van der Waals surface area contributed by atoms with Crippen LogP contribution in [0, 0.1) is 12.7 Å². The summed E-state index contributed by atoms with van der Waals surface area (Å²) in [6.45, 7) is 1.22. The fourth-order valence-corrected chi connectivity index (χ4v) is 4.29. The largest absolute Gasteiger partial charge is 0.497 e. The number of sulfonamides is 1. The Bertz CT molecular complexity index is 1150. The van der Waals surface area contributed by atoms with Crippen LogP contribution >= 0.6 is 0 Å². The number of nitrogens with one attached hydrogen (secondary N) is 1. The molecule has 0 bridgehead atoms. The summed E-state index contributed by atoms with van der Waals surface area (Å²) in [5.74, 6) is -0.869. The molecule has 30 heavy (non-hydrogen) atoms. The second-order valence-corrected chi connectivity index (χ2v) is 8.36. The molecule has 1 amide bonds. The van der Waals surface area contributed by atoms with Crippen LogP contribution in [0.1, 0.15) is 5.56 Å². The molecule has 0 aliphatic rings. The van der Waals surface area contributed by atoms with Crippen molar-refractivity contribution in [3.8, 4) is 5.75 Å². The smallest absolute Gasteiger partial charge is 0.264 e. The van der Waals surface area contributed by atoms with Gasteiger partial charge in [0.25, 0.3) is 10.0 Å². The molecule has 1 N–H and O–H groups in total. The predicted octanol–water partition coefficient (Wildman–Crippen LogP) is 3.98. The van der Waals surface area contributed by atoms with E-state index in [1.54, 1.807) is 12.1 Å². The van der Waals surface area contributed by atoms with E-state index in [1.165, 1.54) is 49.6 Å². The van der Waals surface area contributed by atoms with Gasteiger partial charge in [-0.2, -0.15) is 0 Å². The van der Waals surface area contributed by atoms with Gasteiger partial charge in [-0.15, -0.1) is 0 Å². The first-order valence-corrected chi connectivity index (χ1v) is 10.5. The number of carbonyl (C=O) groups excluding carboxylic acids is 1. The number of amides is 1. The lowest BCUT2D eigenvalue weighted by Crippen LogP contribution is -2.38. The standard InChI is InChI=1S/C22H21FN2O4S/c1-16-7-3-5-9-20(16)24-22(26)15-25(21-10-6-4-8-19(21)23)30(27,28)18-13-11-17(29-2)12-14-18/h3-14H,15H2,1-2H3,(H,24,26). The third-order valence-electron chi connectivity index (χ3n) is 4.47. The van der Waals surface area contributed by atoms with Gasteiger partial charge < -0.3 is 10.1 Å². The van der Waals surface area contributed by atoms with Crippen LogP contribution in [0.3, 0.4) is 0 Å². The monoisotopic (exact) mass is 428 g/mol. The highest BCUT2D eigenvalue weighted by Gasteiger charge is 2.29. The van der Waals surface area contributed by atoms with Crippen LogP contribution in [0.5, 0.6) is 5.75 Å². The Hall–Kier alpha value is -3.39. The fourth-order valence-electron chi connectivity index (χ4n) is 2.86. The lowest BCUT2D eigenvalue weighted by molar-refractivity contribution is -0.114. The topological polar surface area (TPSA) is 75.7 Å². The second kappa shape index (κ2) is 8.96. The molecule has 0 saturated heterocycles. The Balaban J connectivity index is 1.97. The summed E-state index contributed by atoms with van der Waals surface area (Å²) in [5.41, 5.74) is 1.16. The van der Waals surface area contributed by atoms with Crippen molar-refractivity contribution in [3.63, 3.8) is 0 Å². The van der Waals surface area contributed by atoms with E-state index in [1.807, 2.05) is 19.1 Å². The number of ether oxygens (including phenoxy) is 1. The van der Waals surface area contributed by atoms with Gasteiger partial charge in [-0.05, 0) is 55.0 Å². The van der Waals surface area contributed by atoms with E-state index in [4.69, 9.17) is 4.74 Å². The molecule has 3 aromatic rings. The molecule has 3 aromatic carbocycles. The van der Waals surface area contributed by atoms with Crippen molar-refractivity contribution in [2.75, 3.05) is 23.3 Å². The molecule has 0 aliphatic carbocycles. The van der Waals surface area contributed by atoms with E-state index in [2.05, 4.69) is 5.32 Å². The van der Waals surface area contributed by atoms with Crippen LogP contribution in [-0.4, -0.2) is 28.0 Å². The molecule has 0 atom stereocenters. The van der Waals surface area contributed by atoms with Crippen LogP contribution in [0.4, 0.5) is 15.8 Å². The van der Waals surface area contributed by atoms with Crippen LogP contribution < -0.4 is 14.4 Å². The lowest BCUT2D eigenvalue weighted by Gasteiger charge is -2.24. The summed E-state index contributed by atoms with van der Waals surface area (Å²) in [4.78, 5) is 12.6. The first kappa shape index (κ1) is 21.3. The highest BCUT2D eigenvalue weighted by Crippen LogP contribution is 2.27. The average Bonchev–Trinajstić information content (AvgIpc) is 2.74. The Labute approximate surface area is 175 Å². The van der Waals surface area contributed by atoms with Crippen molar-refractivity contribution in [2.24, 2.45) is 0 Å². The molecule has 0 spiro atoms. The molecule has 0 radical (unpaired) electrons. The number of hydrogen-bond acceptors (Lipinski definition) is 4.